The van der Waals surface area contributed by atoms with Crippen LogP contribution in [-0.2, 0) is 10.0 Å². The van der Waals surface area contributed by atoms with Crippen LogP contribution < -0.4 is 5.32 Å². The molecule has 0 aliphatic rings. The van der Waals surface area contributed by atoms with E-state index < -0.39 is 10.0 Å². The van der Waals surface area contributed by atoms with Crippen molar-refractivity contribution < 1.29 is 17.6 Å². The van der Waals surface area contributed by atoms with Crippen molar-refractivity contribution in [3.8, 4) is 0 Å². The summed E-state index contributed by atoms with van der Waals surface area (Å²) in [5.41, 5.74) is 1.92. The maximum atomic E-state index is 12.6. The minimum atomic E-state index is -3.52. The molecule has 7 heteroatoms. The Hall–Kier alpha value is -2.64. The van der Waals surface area contributed by atoms with Crippen molar-refractivity contribution >= 4 is 32.6 Å². The molecule has 0 aliphatic carbocycles. The van der Waals surface area contributed by atoms with Gasteiger partial charge >= 0.3 is 0 Å². The highest BCUT2D eigenvalue weighted by Crippen LogP contribution is 2.26. The fraction of sp³-hybridized carbons (Fsp3) is 0.250. The van der Waals surface area contributed by atoms with E-state index in [9.17, 15) is 13.2 Å². The number of sulfonamides is 1. The third-order valence-electron chi connectivity index (χ3n) is 4.51. The lowest BCUT2D eigenvalue weighted by Crippen LogP contribution is -2.30. The lowest BCUT2D eigenvalue weighted by atomic mass is 10.1. The summed E-state index contributed by atoms with van der Waals surface area (Å²) in [6.07, 6.45) is 0. The predicted molar refractivity (Wildman–Crippen MR) is 105 cm³/mol. The number of hydrogen-bond acceptors (Lipinski definition) is 4. The zero-order valence-electron chi connectivity index (χ0n) is 15.5. The molecule has 1 aromatic heterocycles. The summed E-state index contributed by atoms with van der Waals surface area (Å²) in [6, 6.07) is 13.6. The van der Waals surface area contributed by atoms with E-state index in [2.05, 4.69) is 5.32 Å². The van der Waals surface area contributed by atoms with Crippen LogP contribution in [0.3, 0.4) is 0 Å². The molecule has 1 amide bonds. The SMILES string of the molecule is CCN(CC)S(=O)(=O)c1ccc(NC(=O)c2oc3ccccc3c2C)cc1. The normalized spacial score (nSPS) is 11.9. The molecule has 0 spiro atoms. The molecular formula is C20H22N2O4S. The Balaban J connectivity index is 1.82. The second kappa shape index (κ2) is 7.54. The molecule has 3 aromatic rings. The van der Waals surface area contributed by atoms with Gasteiger partial charge in [-0.25, -0.2) is 8.42 Å². The fourth-order valence-corrected chi connectivity index (χ4v) is 4.46. The van der Waals surface area contributed by atoms with Crippen LogP contribution in [-0.4, -0.2) is 31.7 Å². The van der Waals surface area contributed by atoms with Crippen LogP contribution in [0.2, 0.25) is 0 Å². The Bertz CT molecular complexity index is 1070. The minimum absolute atomic E-state index is 0.198. The third kappa shape index (κ3) is 3.61. The molecule has 0 saturated heterocycles. The number of carbonyl (C=O) groups excluding carboxylic acids is 1. The average molecular weight is 386 g/mol. The van der Waals surface area contributed by atoms with Gasteiger partial charge in [-0.05, 0) is 37.3 Å². The molecule has 0 unspecified atom stereocenters. The van der Waals surface area contributed by atoms with Gasteiger partial charge < -0.3 is 9.73 Å². The Morgan fingerprint density at radius 3 is 2.26 bits per heavy atom. The zero-order valence-corrected chi connectivity index (χ0v) is 16.3. The molecular weight excluding hydrogens is 364 g/mol. The smallest absolute Gasteiger partial charge is 0.291 e. The topological polar surface area (TPSA) is 79.6 Å². The van der Waals surface area contributed by atoms with Gasteiger partial charge in [0, 0.05) is 29.7 Å². The van der Waals surface area contributed by atoms with Crippen molar-refractivity contribution in [1.82, 2.24) is 4.31 Å². The van der Waals surface area contributed by atoms with E-state index >= 15 is 0 Å². The summed E-state index contributed by atoms with van der Waals surface area (Å²) in [4.78, 5) is 12.8. The quantitative estimate of drug-likeness (QED) is 0.694. The standard InChI is InChI=1S/C20H22N2O4S/c1-4-22(5-2)27(24,25)16-12-10-15(11-13-16)21-20(23)19-14(3)17-8-6-7-9-18(17)26-19/h6-13H,4-5H2,1-3H3,(H,21,23). The number of hydrogen-bond donors (Lipinski definition) is 1. The van der Waals surface area contributed by atoms with E-state index in [1.165, 1.54) is 16.4 Å². The highest BCUT2D eigenvalue weighted by Gasteiger charge is 2.22. The molecule has 0 aliphatic heterocycles. The minimum Gasteiger partial charge on any atom is -0.451 e. The maximum Gasteiger partial charge on any atom is 0.291 e. The number of fused-ring (bicyclic) bond motifs is 1. The summed E-state index contributed by atoms with van der Waals surface area (Å²) in [6.45, 7) is 6.24. The summed E-state index contributed by atoms with van der Waals surface area (Å²) in [5, 5.41) is 3.65. The highest BCUT2D eigenvalue weighted by atomic mass is 32.2. The average Bonchev–Trinajstić information content (AvgIpc) is 3.00. The van der Waals surface area contributed by atoms with Gasteiger partial charge in [0.2, 0.25) is 10.0 Å². The van der Waals surface area contributed by atoms with Gasteiger partial charge in [-0.3, -0.25) is 4.79 Å². The molecule has 0 radical (unpaired) electrons. The second-order valence-corrected chi connectivity index (χ2v) is 8.06. The van der Waals surface area contributed by atoms with Crippen molar-refractivity contribution in [2.24, 2.45) is 0 Å². The van der Waals surface area contributed by atoms with Gasteiger partial charge in [0.1, 0.15) is 5.58 Å². The number of rotatable bonds is 6. The van der Waals surface area contributed by atoms with E-state index in [0.717, 1.165) is 10.9 Å². The van der Waals surface area contributed by atoms with Crippen molar-refractivity contribution in [3.63, 3.8) is 0 Å². The lowest BCUT2D eigenvalue weighted by Gasteiger charge is -2.18. The van der Waals surface area contributed by atoms with E-state index in [1.54, 1.807) is 26.0 Å². The van der Waals surface area contributed by atoms with Gasteiger partial charge in [0.15, 0.2) is 5.76 Å². The van der Waals surface area contributed by atoms with Crippen molar-refractivity contribution in [2.45, 2.75) is 25.7 Å². The largest absolute Gasteiger partial charge is 0.451 e. The number of benzene rings is 2. The number of nitrogens with zero attached hydrogens (tertiary/aromatic N) is 1. The molecule has 2 aromatic carbocycles. The first-order valence-corrected chi connectivity index (χ1v) is 10.2. The number of aryl methyl sites for hydroxylation is 1. The number of nitrogens with one attached hydrogen (secondary N) is 1. The van der Waals surface area contributed by atoms with Crippen molar-refractivity contribution in [2.75, 3.05) is 18.4 Å². The molecule has 1 heterocycles. The van der Waals surface area contributed by atoms with Gasteiger partial charge in [-0.1, -0.05) is 32.0 Å². The Kier molecular flexibility index (Phi) is 5.34. The van der Waals surface area contributed by atoms with E-state index in [1.807, 2.05) is 31.2 Å². The fourth-order valence-electron chi connectivity index (χ4n) is 3.00. The molecule has 6 nitrogen and oxygen atoms in total. The number of furan rings is 1. The summed E-state index contributed by atoms with van der Waals surface area (Å²) < 4.78 is 32.1. The van der Waals surface area contributed by atoms with Crippen LogP contribution in [0.25, 0.3) is 11.0 Å². The molecule has 0 fully saturated rings. The number of para-hydroxylation sites is 1. The van der Waals surface area contributed by atoms with Gasteiger partial charge in [0.05, 0.1) is 4.90 Å². The first-order valence-electron chi connectivity index (χ1n) is 8.78. The van der Waals surface area contributed by atoms with Crippen molar-refractivity contribution in [1.29, 1.82) is 0 Å². The third-order valence-corrected chi connectivity index (χ3v) is 6.57. The monoisotopic (exact) mass is 386 g/mol. The number of anilines is 1. The van der Waals surface area contributed by atoms with Crippen LogP contribution in [0.4, 0.5) is 5.69 Å². The maximum absolute atomic E-state index is 12.6. The molecule has 0 bridgehead atoms. The van der Waals surface area contributed by atoms with Crippen LogP contribution in [0.5, 0.6) is 0 Å². The van der Waals surface area contributed by atoms with Crippen LogP contribution in [0, 0.1) is 6.92 Å². The molecule has 0 atom stereocenters. The van der Waals surface area contributed by atoms with Crippen LogP contribution in [0.1, 0.15) is 30.0 Å². The number of amides is 1. The first kappa shape index (κ1) is 19.1. The van der Waals surface area contributed by atoms with Crippen LogP contribution in [0.15, 0.2) is 57.8 Å². The zero-order chi connectivity index (χ0) is 19.6. The molecule has 1 N–H and O–H groups in total. The van der Waals surface area contributed by atoms with E-state index in [0.29, 0.717) is 24.4 Å². The molecule has 3 rings (SSSR count). The second-order valence-electron chi connectivity index (χ2n) is 6.12. The van der Waals surface area contributed by atoms with Crippen molar-refractivity contribution in [3.05, 3.63) is 59.9 Å². The van der Waals surface area contributed by atoms with Crippen LogP contribution >= 0.6 is 0 Å². The summed E-state index contributed by atoms with van der Waals surface area (Å²) in [5.74, 6) is -0.126. The van der Waals surface area contributed by atoms with Gasteiger partial charge in [-0.15, -0.1) is 0 Å². The predicted octanol–water partition coefficient (Wildman–Crippen LogP) is 4.02. The lowest BCUT2D eigenvalue weighted by molar-refractivity contribution is 0.0998. The number of carbonyl (C=O) groups is 1. The summed E-state index contributed by atoms with van der Waals surface area (Å²) in [7, 11) is -3.52. The van der Waals surface area contributed by atoms with E-state index in [-0.39, 0.29) is 16.6 Å². The Morgan fingerprint density at radius 1 is 1.04 bits per heavy atom. The highest BCUT2D eigenvalue weighted by molar-refractivity contribution is 7.89. The van der Waals surface area contributed by atoms with E-state index in [4.69, 9.17) is 4.42 Å². The molecule has 142 valence electrons. The Morgan fingerprint density at radius 2 is 1.67 bits per heavy atom. The van der Waals surface area contributed by atoms with Gasteiger partial charge in [-0.2, -0.15) is 4.31 Å². The Labute approximate surface area is 158 Å². The first-order chi connectivity index (χ1) is 12.9. The van der Waals surface area contributed by atoms with Gasteiger partial charge in [0.25, 0.3) is 5.91 Å². The molecule has 27 heavy (non-hydrogen) atoms. The summed E-state index contributed by atoms with van der Waals surface area (Å²) >= 11 is 0. The molecule has 0 saturated carbocycles.